The van der Waals surface area contributed by atoms with Gasteiger partial charge in [-0.05, 0) is 30.5 Å². The molecule has 5 heteroatoms. The van der Waals surface area contributed by atoms with Crippen molar-refractivity contribution in [1.29, 1.82) is 0 Å². The Morgan fingerprint density at radius 1 is 1.35 bits per heavy atom. The minimum Gasteiger partial charge on any atom is -0.469 e. The average molecular weight is 279 g/mol. The first-order valence-electron chi connectivity index (χ1n) is 6.57. The maximum Gasteiger partial charge on any atom is 0.310 e. The van der Waals surface area contributed by atoms with Gasteiger partial charge in [-0.3, -0.25) is 9.59 Å². The van der Waals surface area contributed by atoms with E-state index in [9.17, 15) is 14.0 Å². The van der Waals surface area contributed by atoms with E-state index in [0.717, 1.165) is 5.56 Å². The minimum atomic E-state index is -0.524. The maximum atomic E-state index is 13.8. The molecule has 0 N–H and O–H groups in total. The third kappa shape index (κ3) is 2.66. The standard InChI is InChI=1S/C15H18FNO3/c1-9-4-5-11(13(16)6-9)14(18)17-7-10(2)12(8-17)15(19)20-3/h4-6,10,12H,7-8H2,1-3H3. The van der Waals surface area contributed by atoms with Gasteiger partial charge in [0, 0.05) is 13.1 Å². The van der Waals surface area contributed by atoms with Crippen LogP contribution in [0.5, 0.6) is 0 Å². The van der Waals surface area contributed by atoms with Crippen LogP contribution in [0.4, 0.5) is 4.39 Å². The van der Waals surface area contributed by atoms with Gasteiger partial charge < -0.3 is 9.64 Å². The lowest BCUT2D eigenvalue weighted by Gasteiger charge is -2.16. The van der Waals surface area contributed by atoms with Crippen molar-refractivity contribution in [2.45, 2.75) is 13.8 Å². The fourth-order valence-electron chi connectivity index (χ4n) is 2.55. The summed E-state index contributed by atoms with van der Waals surface area (Å²) in [5.41, 5.74) is 0.814. The Labute approximate surface area is 117 Å². The Balaban J connectivity index is 2.17. The number of esters is 1. The van der Waals surface area contributed by atoms with Gasteiger partial charge in [0.05, 0.1) is 18.6 Å². The quantitative estimate of drug-likeness (QED) is 0.778. The second-order valence-corrected chi connectivity index (χ2v) is 5.30. The number of aryl methyl sites for hydroxylation is 1. The number of likely N-dealkylation sites (tertiary alicyclic amines) is 1. The van der Waals surface area contributed by atoms with Crippen molar-refractivity contribution in [3.8, 4) is 0 Å². The van der Waals surface area contributed by atoms with Crippen molar-refractivity contribution in [2.75, 3.05) is 20.2 Å². The fraction of sp³-hybridized carbons (Fsp3) is 0.467. The number of hydrogen-bond acceptors (Lipinski definition) is 3. The SMILES string of the molecule is COC(=O)C1CN(C(=O)c2ccc(C)cc2F)CC1C. The molecule has 4 nitrogen and oxygen atoms in total. The van der Waals surface area contributed by atoms with Gasteiger partial charge in [0.25, 0.3) is 5.91 Å². The average Bonchev–Trinajstić information content (AvgIpc) is 2.79. The van der Waals surface area contributed by atoms with Gasteiger partial charge in [0.15, 0.2) is 0 Å². The molecule has 0 radical (unpaired) electrons. The number of ether oxygens (including phenoxy) is 1. The van der Waals surface area contributed by atoms with Crippen LogP contribution in [0.2, 0.25) is 0 Å². The Bertz CT molecular complexity index is 544. The van der Waals surface area contributed by atoms with Crippen LogP contribution < -0.4 is 0 Å². The highest BCUT2D eigenvalue weighted by atomic mass is 19.1. The second kappa shape index (κ2) is 5.61. The molecule has 1 saturated heterocycles. The molecule has 0 spiro atoms. The van der Waals surface area contributed by atoms with E-state index in [4.69, 9.17) is 4.74 Å². The largest absolute Gasteiger partial charge is 0.469 e. The first-order valence-corrected chi connectivity index (χ1v) is 6.57. The summed E-state index contributed by atoms with van der Waals surface area (Å²) >= 11 is 0. The van der Waals surface area contributed by atoms with Gasteiger partial charge in [-0.15, -0.1) is 0 Å². The van der Waals surface area contributed by atoms with Crippen LogP contribution in [0.25, 0.3) is 0 Å². The van der Waals surface area contributed by atoms with Crippen LogP contribution in [-0.2, 0) is 9.53 Å². The molecule has 0 bridgehead atoms. The summed E-state index contributed by atoms with van der Waals surface area (Å²) in [5.74, 6) is -1.54. The molecular weight excluding hydrogens is 261 g/mol. The molecule has 1 aromatic rings. The summed E-state index contributed by atoms with van der Waals surface area (Å²) < 4.78 is 18.6. The number of methoxy groups -OCH3 is 1. The lowest BCUT2D eigenvalue weighted by Crippen LogP contribution is -2.30. The van der Waals surface area contributed by atoms with Crippen LogP contribution in [0.15, 0.2) is 18.2 Å². The third-order valence-corrected chi connectivity index (χ3v) is 3.76. The van der Waals surface area contributed by atoms with Crippen LogP contribution in [-0.4, -0.2) is 37.0 Å². The minimum absolute atomic E-state index is 0.0138. The zero-order valence-electron chi connectivity index (χ0n) is 11.9. The summed E-state index contributed by atoms with van der Waals surface area (Å²) in [6.45, 7) is 4.37. The molecule has 2 rings (SSSR count). The zero-order valence-corrected chi connectivity index (χ0v) is 11.9. The van der Waals surface area contributed by atoms with Crippen LogP contribution in [0.1, 0.15) is 22.8 Å². The molecule has 108 valence electrons. The molecule has 2 atom stereocenters. The van der Waals surface area contributed by atoms with Gasteiger partial charge in [0.2, 0.25) is 0 Å². The first kappa shape index (κ1) is 14.5. The highest BCUT2D eigenvalue weighted by Crippen LogP contribution is 2.26. The lowest BCUT2D eigenvalue weighted by atomic mass is 9.99. The Hall–Kier alpha value is -1.91. The summed E-state index contributed by atoms with van der Waals surface area (Å²) in [6, 6.07) is 4.53. The summed E-state index contributed by atoms with van der Waals surface area (Å²) in [4.78, 5) is 25.4. The number of carbonyl (C=O) groups excluding carboxylic acids is 2. The molecule has 0 aliphatic carbocycles. The van der Waals surface area contributed by atoms with E-state index in [2.05, 4.69) is 0 Å². The maximum absolute atomic E-state index is 13.8. The highest BCUT2D eigenvalue weighted by molar-refractivity contribution is 5.95. The van der Waals surface area contributed by atoms with Gasteiger partial charge in [-0.1, -0.05) is 13.0 Å². The summed E-state index contributed by atoms with van der Waals surface area (Å²) in [5, 5.41) is 0. The number of nitrogens with zero attached hydrogens (tertiary/aromatic N) is 1. The number of benzene rings is 1. The van der Waals surface area contributed by atoms with E-state index < -0.39 is 5.82 Å². The van der Waals surface area contributed by atoms with Crippen molar-refractivity contribution >= 4 is 11.9 Å². The number of carbonyl (C=O) groups is 2. The Morgan fingerprint density at radius 3 is 2.65 bits per heavy atom. The van der Waals surface area contributed by atoms with Gasteiger partial charge >= 0.3 is 5.97 Å². The zero-order chi connectivity index (χ0) is 14.9. The number of hydrogen-bond donors (Lipinski definition) is 0. The molecule has 1 aromatic carbocycles. The summed E-state index contributed by atoms with van der Waals surface area (Å²) in [7, 11) is 1.33. The van der Waals surface area contributed by atoms with E-state index in [1.807, 2.05) is 6.92 Å². The van der Waals surface area contributed by atoms with Gasteiger partial charge in [0.1, 0.15) is 5.82 Å². The van der Waals surface area contributed by atoms with E-state index in [1.54, 1.807) is 13.0 Å². The predicted molar refractivity (Wildman–Crippen MR) is 71.7 cm³/mol. The molecule has 1 heterocycles. The monoisotopic (exact) mass is 279 g/mol. The molecule has 20 heavy (non-hydrogen) atoms. The molecular formula is C15H18FNO3. The Kier molecular flexibility index (Phi) is 4.06. The van der Waals surface area contributed by atoms with Crippen LogP contribution in [0, 0.1) is 24.6 Å². The number of halogens is 1. The molecule has 1 aliphatic heterocycles. The van der Waals surface area contributed by atoms with E-state index >= 15 is 0 Å². The fourth-order valence-corrected chi connectivity index (χ4v) is 2.55. The smallest absolute Gasteiger partial charge is 0.310 e. The third-order valence-electron chi connectivity index (χ3n) is 3.76. The molecule has 0 aromatic heterocycles. The Morgan fingerprint density at radius 2 is 2.05 bits per heavy atom. The van der Waals surface area contributed by atoms with Crippen molar-refractivity contribution in [1.82, 2.24) is 4.90 Å². The van der Waals surface area contributed by atoms with Crippen molar-refractivity contribution in [3.05, 3.63) is 35.1 Å². The molecule has 1 amide bonds. The second-order valence-electron chi connectivity index (χ2n) is 5.30. The number of rotatable bonds is 2. The number of amides is 1. The highest BCUT2D eigenvalue weighted by Gasteiger charge is 2.38. The van der Waals surface area contributed by atoms with E-state index in [-0.39, 0.29) is 35.8 Å². The van der Waals surface area contributed by atoms with E-state index in [1.165, 1.54) is 24.1 Å². The van der Waals surface area contributed by atoms with Crippen molar-refractivity contribution in [3.63, 3.8) is 0 Å². The van der Waals surface area contributed by atoms with Crippen molar-refractivity contribution in [2.24, 2.45) is 11.8 Å². The normalized spacial score (nSPS) is 21.9. The van der Waals surface area contributed by atoms with Crippen LogP contribution >= 0.6 is 0 Å². The molecule has 1 fully saturated rings. The molecule has 2 unspecified atom stereocenters. The topological polar surface area (TPSA) is 46.6 Å². The first-order chi connectivity index (χ1) is 9.43. The predicted octanol–water partition coefficient (Wildman–Crippen LogP) is 2.02. The lowest BCUT2D eigenvalue weighted by molar-refractivity contribution is -0.146. The van der Waals surface area contributed by atoms with E-state index in [0.29, 0.717) is 6.54 Å². The van der Waals surface area contributed by atoms with Gasteiger partial charge in [-0.2, -0.15) is 0 Å². The van der Waals surface area contributed by atoms with Crippen molar-refractivity contribution < 1.29 is 18.7 Å². The van der Waals surface area contributed by atoms with Crippen LogP contribution in [0.3, 0.4) is 0 Å². The molecule has 1 aliphatic rings. The van der Waals surface area contributed by atoms with Gasteiger partial charge in [-0.25, -0.2) is 4.39 Å². The summed E-state index contributed by atoms with van der Waals surface area (Å²) in [6.07, 6.45) is 0. The molecule has 0 saturated carbocycles.